The highest BCUT2D eigenvalue weighted by atomic mass is 16.5. The third kappa shape index (κ3) is 5.13. The average Bonchev–Trinajstić information content (AvgIpc) is 3.38. The van der Waals surface area contributed by atoms with E-state index in [9.17, 15) is 5.26 Å². The first-order valence-electron chi connectivity index (χ1n) is 11.8. The summed E-state index contributed by atoms with van der Waals surface area (Å²) < 4.78 is 5.68. The fourth-order valence-corrected chi connectivity index (χ4v) is 5.34. The number of anilines is 1. The van der Waals surface area contributed by atoms with E-state index in [0.717, 1.165) is 75.7 Å². The van der Waals surface area contributed by atoms with Gasteiger partial charge in [-0.1, -0.05) is 12.1 Å². The van der Waals surface area contributed by atoms with E-state index < -0.39 is 0 Å². The lowest BCUT2D eigenvalue weighted by Gasteiger charge is -2.45. The van der Waals surface area contributed by atoms with Crippen molar-refractivity contribution in [3.05, 3.63) is 29.8 Å². The van der Waals surface area contributed by atoms with Crippen LogP contribution in [0.5, 0.6) is 0 Å². The maximum Gasteiger partial charge on any atom is 0.191 e. The van der Waals surface area contributed by atoms with Crippen LogP contribution < -0.4 is 15.5 Å². The number of hydrogen-bond donors (Lipinski definition) is 2. The minimum atomic E-state index is 0.177. The molecule has 31 heavy (non-hydrogen) atoms. The van der Waals surface area contributed by atoms with Gasteiger partial charge >= 0.3 is 0 Å². The van der Waals surface area contributed by atoms with Gasteiger partial charge in [0, 0.05) is 51.5 Å². The van der Waals surface area contributed by atoms with Crippen molar-refractivity contribution in [3.63, 3.8) is 0 Å². The molecule has 7 heteroatoms. The predicted octanol–water partition coefficient (Wildman–Crippen LogP) is 2.34. The van der Waals surface area contributed by atoms with Crippen LogP contribution in [0.1, 0.15) is 44.1 Å². The maximum absolute atomic E-state index is 9.47. The summed E-state index contributed by atoms with van der Waals surface area (Å²) in [7, 11) is 1.85. The molecule has 3 aliphatic rings. The fraction of sp³-hybridized carbons (Fsp3) is 0.667. The third-order valence-corrected chi connectivity index (χ3v) is 7.14. The van der Waals surface area contributed by atoms with Gasteiger partial charge < -0.3 is 20.3 Å². The molecular formula is C24H36N6O. The monoisotopic (exact) mass is 424 g/mol. The van der Waals surface area contributed by atoms with Gasteiger partial charge in [-0.05, 0) is 63.7 Å². The smallest absolute Gasteiger partial charge is 0.191 e. The highest BCUT2D eigenvalue weighted by Crippen LogP contribution is 2.31. The Balaban J connectivity index is 1.37. The molecular weight excluding hydrogens is 388 g/mol. The van der Waals surface area contributed by atoms with Crippen molar-refractivity contribution in [2.45, 2.75) is 50.1 Å². The normalized spacial score (nSPS) is 24.6. The third-order valence-electron chi connectivity index (χ3n) is 7.14. The minimum absolute atomic E-state index is 0.177. The second-order valence-electron chi connectivity index (χ2n) is 9.02. The number of guanidine groups is 1. The number of nitrogens with one attached hydrogen (secondary N) is 2. The van der Waals surface area contributed by atoms with Crippen molar-refractivity contribution in [2.75, 3.05) is 57.9 Å². The van der Waals surface area contributed by atoms with Crippen molar-refractivity contribution >= 4 is 11.6 Å². The van der Waals surface area contributed by atoms with E-state index in [2.05, 4.69) is 37.6 Å². The van der Waals surface area contributed by atoms with Gasteiger partial charge in [-0.3, -0.25) is 9.89 Å². The summed E-state index contributed by atoms with van der Waals surface area (Å²) >= 11 is 0. The average molecular weight is 425 g/mol. The Morgan fingerprint density at radius 3 is 2.71 bits per heavy atom. The van der Waals surface area contributed by atoms with Crippen LogP contribution in [0.2, 0.25) is 0 Å². The second kappa shape index (κ2) is 10.3. The van der Waals surface area contributed by atoms with E-state index >= 15 is 0 Å². The van der Waals surface area contributed by atoms with Crippen LogP contribution in [0.25, 0.3) is 0 Å². The first-order valence-corrected chi connectivity index (χ1v) is 11.8. The Hall–Kier alpha value is -2.30. The Kier molecular flexibility index (Phi) is 7.31. The summed E-state index contributed by atoms with van der Waals surface area (Å²) in [6.07, 6.45) is 6.98. The van der Waals surface area contributed by atoms with Gasteiger partial charge in [-0.15, -0.1) is 0 Å². The Bertz CT molecular complexity index is 792. The topological polar surface area (TPSA) is 75.9 Å². The molecule has 3 saturated heterocycles. The van der Waals surface area contributed by atoms with Crippen molar-refractivity contribution < 1.29 is 4.74 Å². The van der Waals surface area contributed by atoms with Gasteiger partial charge in [0.05, 0.1) is 11.3 Å². The lowest BCUT2D eigenvalue weighted by Crippen LogP contribution is -2.60. The van der Waals surface area contributed by atoms with E-state index in [1.807, 2.05) is 25.2 Å². The van der Waals surface area contributed by atoms with Crippen molar-refractivity contribution in [3.8, 4) is 6.07 Å². The lowest BCUT2D eigenvalue weighted by molar-refractivity contribution is -0.0164. The molecule has 3 heterocycles. The summed E-state index contributed by atoms with van der Waals surface area (Å²) in [5.74, 6) is 0.880. The van der Waals surface area contributed by atoms with Crippen LogP contribution in [-0.2, 0) is 4.74 Å². The molecule has 0 saturated carbocycles. The molecule has 1 atom stereocenters. The SMILES string of the molecule is CN=C(NCC1(N2CCCC2)CCOCC1)NC1CCCN(c2ccccc2C#N)C1. The standard InChI is InChI=1S/C24H36N6O/c1-26-23(27-19-24(10-15-31-16-11-24)30-13-4-5-14-30)28-21-8-6-12-29(18-21)22-9-3-2-7-20(22)17-25/h2-3,7,9,21H,4-6,8,10-16,18-19H2,1H3,(H2,26,27,28). The molecule has 168 valence electrons. The first kappa shape index (κ1) is 21.9. The van der Waals surface area contributed by atoms with Gasteiger partial charge in [0.2, 0.25) is 0 Å². The van der Waals surface area contributed by atoms with Crippen LogP contribution in [-0.4, -0.2) is 75.4 Å². The van der Waals surface area contributed by atoms with Gasteiger partial charge in [0.25, 0.3) is 0 Å². The number of nitriles is 1. The second-order valence-corrected chi connectivity index (χ2v) is 9.02. The van der Waals surface area contributed by atoms with E-state index in [1.54, 1.807) is 0 Å². The molecule has 0 aliphatic carbocycles. The first-order chi connectivity index (χ1) is 15.2. The molecule has 1 aromatic carbocycles. The van der Waals surface area contributed by atoms with Gasteiger partial charge in [-0.25, -0.2) is 0 Å². The summed E-state index contributed by atoms with van der Waals surface area (Å²) in [4.78, 5) is 9.54. The summed E-state index contributed by atoms with van der Waals surface area (Å²) in [5.41, 5.74) is 1.96. The molecule has 0 amide bonds. The number of aliphatic imine (C=N–C) groups is 1. The minimum Gasteiger partial charge on any atom is -0.381 e. The van der Waals surface area contributed by atoms with Crippen LogP contribution in [0.4, 0.5) is 5.69 Å². The summed E-state index contributed by atoms with van der Waals surface area (Å²) in [5, 5.41) is 16.8. The van der Waals surface area contributed by atoms with Crippen LogP contribution in [0, 0.1) is 11.3 Å². The zero-order chi connectivity index (χ0) is 21.5. The van der Waals surface area contributed by atoms with Crippen molar-refractivity contribution in [1.82, 2.24) is 15.5 Å². The highest BCUT2D eigenvalue weighted by Gasteiger charge is 2.39. The highest BCUT2D eigenvalue weighted by molar-refractivity contribution is 5.80. The number of likely N-dealkylation sites (tertiary alicyclic amines) is 1. The quantitative estimate of drug-likeness (QED) is 0.558. The Labute approximate surface area is 186 Å². The molecule has 1 unspecified atom stereocenters. The molecule has 0 spiro atoms. The van der Waals surface area contributed by atoms with E-state index in [0.29, 0.717) is 6.04 Å². The number of benzene rings is 1. The molecule has 4 rings (SSSR count). The number of para-hydroxylation sites is 1. The van der Waals surface area contributed by atoms with Crippen LogP contribution in [0.3, 0.4) is 0 Å². The molecule has 0 bridgehead atoms. The largest absolute Gasteiger partial charge is 0.381 e. The molecule has 7 nitrogen and oxygen atoms in total. The predicted molar refractivity (Wildman–Crippen MR) is 124 cm³/mol. The number of ether oxygens (including phenoxy) is 1. The zero-order valence-electron chi connectivity index (χ0n) is 18.8. The molecule has 0 radical (unpaired) electrons. The molecule has 0 aromatic heterocycles. The maximum atomic E-state index is 9.47. The van der Waals surface area contributed by atoms with E-state index in [1.165, 1.54) is 25.9 Å². The van der Waals surface area contributed by atoms with Crippen LogP contribution in [0.15, 0.2) is 29.3 Å². The molecule has 1 aromatic rings. The van der Waals surface area contributed by atoms with Gasteiger partial charge in [-0.2, -0.15) is 5.26 Å². The van der Waals surface area contributed by atoms with Crippen LogP contribution >= 0.6 is 0 Å². The molecule has 3 fully saturated rings. The summed E-state index contributed by atoms with van der Waals surface area (Å²) in [6, 6.07) is 10.5. The zero-order valence-corrected chi connectivity index (χ0v) is 18.8. The van der Waals surface area contributed by atoms with Crippen molar-refractivity contribution in [2.24, 2.45) is 4.99 Å². The Morgan fingerprint density at radius 1 is 1.19 bits per heavy atom. The number of nitrogens with zero attached hydrogens (tertiary/aromatic N) is 4. The number of piperidine rings is 1. The Morgan fingerprint density at radius 2 is 1.97 bits per heavy atom. The van der Waals surface area contributed by atoms with E-state index in [-0.39, 0.29) is 5.54 Å². The lowest BCUT2D eigenvalue weighted by atomic mass is 9.88. The van der Waals surface area contributed by atoms with Crippen molar-refractivity contribution in [1.29, 1.82) is 5.26 Å². The molecule has 3 aliphatic heterocycles. The summed E-state index contributed by atoms with van der Waals surface area (Å²) in [6.45, 7) is 6.86. The number of hydrogen-bond acceptors (Lipinski definition) is 5. The molecule has 2 N–H and O–H groups in total. The van der Waals surface area contributed by atoms with Gasteiger partial charge in [0.1, 0.15) is 6.07 Å². The number of rotatable bonds is 5. The van der Waals surface area contributed by atoms with E-state index in [4.69, 9.17) is 4.74 Å². The fourth-order valence-electron chi connectivity index (χ4n) is 5.34. The van der Waals surface area contributed by atoms with Gasteiger partial charge in [0.15, 0.2) is 5.96 Å².